The summed E-state index contributed by atoms with van der Waals surface area (Å²) in [7, 11) is 0. The van der Waals surface area contributed by atoms with Crippen LogP contribution in [0.25, 0.3) is 11.0 Å². The molecule has 2 aromatic carbocycles. The summed E-state index contributed by atoms with van der Waals surface area (Å²) in [5.41, 5.74) is 0.841. The number of nitro benzene ring substituents is 1. The smallest absolute Gasteiger partial charge is 0.344 e. The fourth-order valence-electron chi connectivity index (χ4n) is 3.41. The molecule has 174 valence electrons. The van der Waals surface area contributed by atoms with Crippen molar-refractivity contribution < 1.29 is 28.8 Å². The molecule has 0 bridgehead atoms. The number of aliphatic carboxylic acids is 1. The van der Waals surface area contributed by atoms with E-state index in [1.165, 1.54) is 30.3 Å². The molecule has 1 aromatic heterocycles. The minimum Gasteiger partial charge on any atom is -0.479 e. The van der Waals surface area contributed by atoms with E-state index in [0.717, 1.165) is 12.8 Å². The molecule has 0 fully saturated rings. The highest BCUT2D eigenvalue weighted by Gasteiger charge is 2.26. The fourth-order valence-corrected chi connectivity index (χ4v) is 4.78. The molecule has 0 amide bonds. The highest BCUT2D eigenvalue weighted by atomic mass is 79.9. The largest absolute Gasteiger partial charge is 0.479 e. The summed E-state index contributed by atoms with van der Waals surface area (Å²) < 4.78 is 12.3. The molecule has 3 aromatic rings. The molecule has 1 atom stereocenters. The Hall–Kier alpha value is -2.72. The predicted octanol–water partition coefficient (Wildman–Crippen LogP) is 6.68. The Kier molecular flexibility index (Phi) is 7.91. The lowest BCUT2D eigenvalue weighted by atomic mass is 9.98. The zero-order chi connectivity index (χ0) is 24.3. The first-order chi connectivity index (χ1) is 15.7. The van der Waals surface area contributed by atoms with Gasteiger partial charge >= 0.3 is 5.97 Å². The summed E-state index contributed by atoms with van der Waals surface area (Å²) in [5.74, 6) is -0.719. The Labute approximate surface area is 206 Å². The second kappa shape index (κ2) is 10.5. The number of unbranched alkanes of at least 4 members (excludes halogenated alkanes) is 1. The lowest BCUT2D eigenvalue weighted by Crippen LogP contribution is -2.26. The average Bonchev–Trinajstić information content (AvgIpc) is 3.13. The zero-order valence-electron chi connectivity index (χ0n) is 17.9. The molecule has 0 spiro atoms. The van der Waals surface area contributed by atoms with E-state index >= 15 is 0 Å². The maximum atomic E-state index is 13.6. The number of ether oxygens (including phenoxy) is 1. The summed E-state index contributed by atoms with van der Waals surface area (Å²) in [6.07, 6.45) is 1.40. The molecule has 33 heavy (non-hydrogen) atoms. The summed E-state index contributed by atoms with van der Waals surface area (Å²) in [4.78, 5) is 35.7. The number of nitrogens with zero attached hydrogens (tertiary/aromatic N) is 1. The number of carboxylic acids is 1. The first-order valence-electron chi connectivity index (χ1n) is 10.3. The van der Waals surface area contributed by atoms with E-state index in [1.54, 1.807) is 6.92 Å². The molecule has 0 aliphatic rings. The lowest BCUT2D eigenvalue weighted by molar-refractivity contribution is -0.384. The fraction of sp³-hybridized carbons (Fsp3) is 0.304. The molecular formula is C23H21Br2NO7. The number of furan rings is 1. The quantitative estimate of drug-likeness (QED) is 0.161. The maximum absolute atomic E-state index is 13.6. The number of aryl methyl sites for hydroxylation is 1. The van der Waals surface area contributed by atoms with Gasteiger partial charge in [-0.15, -0.1) is 0 Å². The number of rotatable bonds is 10. The van der Waals surface area contributed by atoms with Crippen LogP contribution in [0.4, 0.5) is 5.69 Å². The lowest BCUT2D eigenvalue weighted by Gasteiger charge is -2.16. The van der Waals surface area contributed by atoms with Gasteiger partial charge in [0.25, 0.3) is 5.69 Å². The Morgan fingerprint density at radius 1 is 1.18 bits per heavy atom. The third-order valence-electron chi connectivity index (χ3n) is 5.11. The summed E-state index contributed by atoms with van der Waals surface area (Å²) in [6, 6.07) is 7.27. The van der Waals surface area contributed by atoms with Gasteiger partial charge in [-0.05, 0) is 62.9 Å². The maximum Gasteiger partial charge on any atom is 0.344 e. The number of hydrogen-bond acceptors (Lipinski definition) is 6. The topological polar surface area (TPSA) is 120 Å². The van der Waals surface area contributed by atoms with Crippen LogP contribution in [0, 0.1) is 10.1 Å². The molecule has 0 aliphatic carbocycles. The first kappa shape index (κ1) is 24.9. The Balaban J connectivity index is 2.10. The second-order valence-corrected chi connectivity index (χ2v) is 9.10. The van der Waals surface area contributed by atoms with Crippen LogP contribution in [-0.4, -0.2) is 27.9 Å². The highest BCUT2D eigenvalue weighted by molar-refractivity contribution is 9.11. The number of carbonyl (C=O) groups excluding carboxylic acids is 1. The number of non-ortho nitro benzene ring substituents is 1. The van der Waals surface area contributed by atoms with Gasteiger partial charge in [0.05, 0.1) is 19.4 Å². The van der Waals surface area contributed by atoms with Crippen molar-refractivity contribution in [1.82, 2.24) is 0 Å². The van der Waals surface area contributed by atoms with E-state index in [9.17, 15) is 24.8 Å². The molecule has 1 N–H and O–H groups in total. The Morgan fingerprint density at radius 3 is 2.39 bits per heavy atom. The van der Waals surface area contributed by atoms with Crippen molar-refractivity contribution in [2.24, 2.45) is 0 Å². The van der Waals surface area contributed by atoms with E-state index in [4.69, 9.17) is 9.15 Å². The molecule has 1 unspecified atom stereocenters. The van der Waals surface area contributed by atoms with Gasteiger partial charge in [-0.3, -0.25) is 14.9 Å². The van der Waals surface area contributed by atoms with Crippen LogP contribution in [0.5, 0.6) is 5.75 Å². The van der Waals surface area contributed by atoms with Crippen LogP contribution < -0.4 is 4.74 Å². The number of nitro groups is 1. The van der Waals surface area contributed by atoms with Gasteiger partial charge in [0.15, 0.2) is 11.9 Å². The van der Waals surface area contributed by atoms with Crippen molar-refractivity contribution >= 4 is 60.3 Å². The van der Waals surface area contributed by atoms with Gasteiger partial charge in [0.1, 0.15) is 17.1 Å². The van der Waals surface area contributed by atoms with Crippen molar-refractivity contribution in [3.63, 3.8) is 0 Å². The van der Waals surface area contributed by atoms with Gasteiger partial charge < -0.3 is 14.3 Å². The van der Waals surface area contributed by atoms with Crippen LogP contribution in [0.15, 0.2) is 43.7 Å². The molecule has 0 saturated carbocycles. The van der Waals surface area contributed by atoms with Crippen molar-refractivity contribution in [1.29, 1.82) is 0 Å². The molecular weight excluding hydrogens is 562 g/mol. The van der Waals surface area contributed by atoms with Gasteiger partial charge in [-0.1, -0.05) is 20.3 Å². The van der Waals surface area contributed by atoms with E-state index in [1.807, 2.05) is 6.92 Å². The highest BCUT2D eigenvalue weighted by Crippen LogP contribution is 2.38. The number of ketones is 1. The van der Waals surface area contributed by atoms with Crippen LogP contribution in [0.3, 0.4) is 0 Å². The van der Waals surface area contributed by atoms with Crippen LogP contribution in [-0.2, 0) is 11.2 Å². The van der Waals surface area contributed by atoms with E-state index in [0.29, 0.717) is 32.1 Å². The Bertz CT molecular complexity index is 1210. The molecule has 0 radical (unpaired) electrons. The number of fused-ring (bicyclic) bond motifs is 1. The van der Waals surface area contributed by atoms with E-state index in [-0.39, 0.29) is 34.8 Å². The number of halogens is 2. The van der Waals surface area contributed by atoms with Crippen molar-refractivity contribution in [2.45, 2.75) is 45.6 Å². The number of benzene rings is 2. The van der Waals surface area contributed by atoms with Crippen LogP contribution in [0.2, 0.25) is 0 Å². The molecule has 0 saturated heterocycles. The molecule has 8 nitrogen and oxygen atoms in total. The predicted molar refractivity (Wildman–Crippen MR) is 129 cm³/mol. The van der Waals surface area contributed by atoms with Gasteiger partial charge in [0, 0.05) is 29.5 Å². The number of carboxylic acid groups (broad SMARTS) is 1. The normalized spacial score (nSPS) is 12.0. The van der Waals surface area contributed by atoms with E-state index < -0.39 is 17.0 Å². The van der Waals surface area contributed by atoms with Crippen molar-refractivity contribution in [3.05, 3.63) is 66.3 Å². The minimum atomic E-state index is -1.09. The van der Waals surface area contributed by atoms with Crippen molar-refractivity contribution in [3.8, 4) is 5.75 Å². The van der Waals surface area contributed by atoms with Gasteiger partial charge in [-0.25, -0.2) is 4.79 Å². The number of carbonyl (C=O) groups is 2. The summed E-state index contributed by atoms with van der Waals surface area (Å²) in [6.45, 7) is 3.71. The zero-order valence-corrected chi connectivity index (χ0v) is 21.1. The third kappa shape index (κ3) is 5.27. The summed E-state index contributed by atoms with van der Waals surface area (Å²) in [5, 5.41) is 20.9. The summed E-state index contributed by atoms with van der Waals surface area (Å²) >= 11 is 6.73. The van der Waals surface area contributed by atoms with Gasteiger partial charge in [-0.2, -0.15) is 0 Å². The first-order valence-corrected chi connectivity index (χ1v) is 11.9. The Morgan fingerprint density at radius 2 is 1.85 bits per heavy atom. The van der Waals surface area contributed by atoms with E-state index in [2.05, 4.69) is 31.9 Å². The van der Waals surface area contributed by atoms with Gasteiger partial charge in [0.2, 0.25) is 0 Å². The molecule has 0 aliphatic heterocycles. The SMILES string of the molecule is CCCCc1oc2ccc([N+](=O)[O-])cc2c1C(=O)c1cc(Br)c(OC(CC)C(=O)O)c(Br)c1. The van der Waals surface area contributed by atoms with Crippen LogP contribution >= 0.6 is 31.9 Å². The monoisotopic (exact) mass is 581 g/mol. The van der Waals surface area contributed by atoms with Crippen molar-refractivity contribution in [2.75, 3.05) is 0 Å². The average molecular weight is 583 g/mol. The second-order valence-electron chi connectivity index (χ2n) is 7.39. The standard InChI is InChI=1S/C23H21Br2NO7/c1-3-5-6-19-20(14-11-13(26(30)31)7-8-18(14)32-19)21(27)12-9-15(24)22(16(25)10-12)33-17(4-2)23(28)29/h7-11,17H,3-6H2,1-2H3,(H,28,29). The third-order valence-corrected chi connectivity index (χ3v) is 6.28. The number of hydrogen-bond donors (Lipinski definition) is 1. The minimum absolute atomic E-state index is 0.134. The van der Waals surface area contributed by atoms with Crippen LogP contribution in [0.1, 0.15) is 54.8 Å². The molecule has 3 rings (SSSR count). The molecule has 1 heterocycles. The molecule has 10 heteroatoms.